The van der Waals surface area contributed by atoms with Crippen molar-refractivity contribution in [1.29, 1.82) is 0 Å². The Labute approximate surface area is 101 Å². The normalized spacial score (nSPS) is 23.2. The largest absolute Gasteiger partial charge is 0.377 e. The maximum Gasteiger partial charge on any atom is 0.0908 e. The first-order chi connectivity index (χ1) is 7.81. The summed E-state index contributed by atoms with van der Waals surface area (Å²) in [4.78, 5) is 4.87. The second kappa shape index (κ2) is 3.81. The summed E-state index contributed by atoms with van der Waals surface area (Å²) in [5.41, 5.74) is 0.613. The molecule has 0 aliphatic carbocycles. The quantitative estimate of drug-likeness (QED) is 0.776. The van der Waals surface area contributed by atoms with E-state index in [2.05, 4.69) is 33.9 Å². The lowest BCUT2D eigenvalue weighted by molar-refractivity contribution is 0.0176. The molecule has 0 saturated carbocycles. The molecule has 0 N–H and O–H groups in total. The molecule has 2 aliphatic heterocycles. The lowest BCUT2D eigenvalue weighted by Gasteiger charge is -2.54. The number of piperidine rings is 1. The zero-order valence-corrected chi connectivity index (χ0v) is 10.4. The average Bonchev–Trinajstić information content (AvgIpc) is 2.79. The van der Waals surface area contributed by atoms with Crippen molar-refractivity contribution >= 4 is 16.3 Å². The Morgan fingerprint density at radius 2 is 2.06 bits per heavy atom. The second-order valence-corrected chi connectivity index (χ2v) is 5.95. The molecule has 16 heavy (non-hydrogen) atoms. The third-order valence-electron chi connectivity index (χ3n) is 3.98. The third-order valence-corrected chi connectivity index (χ3v) is 4.91. The van der Waals surface area contributed by atoms with Gasteiger partial charge in [-0.15, -0.1) is 11.3 Å². The fourth-order valence-electron chi connectivity index (χ4n) is 2.91. The molecule has 2 fully saturated rings. The summed E-state index contributed by atoms with van der Waals surface area (Å²) >= 11 is 1.86. The number of likely N-dealkylation sites (tertiary alicyclic amines) is 1. The van der Waals surface area contributed by atoms with Crippen molar-refractivity contribution in [3.05, 3.63) is 30.3 Å². The molecule has 2 aliphatic rings. The van der Waals surface area contributed by atoms with E-state index in [0.29, 0.717) is 5.41 Å². The van der Waals surface area contributed by atoms with E-state index >= 15 is 0 Å². The van der Waals surface area contributed by atoms with Crippen LogP contribution >= 0.6 is 11.3 Å². The van der Waals surface area contributed by atoms with Gasteiger partial charge in [0.1, 0.15) is 0 Å². The van der Waals surface area contributed by atoms with Crippen molar-refractivity contribution in [2.45, 2.75) is 12.8 Å². The van der Waals surface area contributed by atoms with E-state index in [1.165, 1.54) is 44.0 Å². The van der Waals surface area contributed by atoms with Gasteiger partial charge in [-0.05, 0) is 36.6 Å². The monoisotopic (exact) mass is 234 g/mol. The average molecular weight is 234 g/mol. The zero-order valence-electron chi connectivity index (χ0n) is 9.56. The number of thiophene rings is 1. The molecule has 0 bridgehead atoms. The van der Waals surface area contributed by atoms with Gasteiger partial charge < -0.3 is 9.80 Å². The highest BCUT2D eigenvalue weighted by molar-refractivity contribution is 7.14. The Hall–Kier alpha value is -0.960. The van der Waals surface area contributed by atoms with Crippen LogP contribution in [-0.4, -0.2) is 31.1 Å². The predicted molar refractivity (Wildman–Crippen MR) is 70.0 cm³/mol. The number of hydrogen-bond donors (Lipinski definition) is 0. The molecular weight excluding hydrogens is 216 g/mol. The smallest absolute Gasteiger partial charge is 0.0908 e. The van der Waals surface area contributed by atoms with Crippen LogP contribution in [-0.2, 0) is 0 Å². The lowest BCUT2D eigenvalue weighted by atomic mass is 9.72. The predicted octanol–water partition coefficient (Wildman–Crippen LogP) is 2.79. The van der Waals surface area contributed by atoms with Crippen molar-refractivity contribution in [3.63, 3.8) is 0 Å². The first-order valence-corrected chi connectivity index (χ1v) is 6.84. The van der Waals surface area contributed by atoms with E-state index in [1.807, 2.05) is 17.5 Å². The van der Waals surface area contributed by atoms with Crippen molar-refractivity contribution in [2.75, 3.05) is 31.1 Å². The molecule has 1 spiro atoms. The molecule has 86 valence electrons. The van der Waals surface area contributed by atoms with Gasteiger partial charge in [0.15, 0.2) is 0 Å². The van der Waals surface area contributed by atoms with E-state index in [9.17, 15) is 0 Å². The molecule has 2 nitrogen and oxygen atoms in total. The van der Waals surface area contributed by atoms with Crippen LogP contribution in [0.25, 0.3) is 0 Å². The summed E-state index contributed by atoms with van der Waals surface area (Å²) in [6.45, 7) is 8.75. The summed E-state index contributed by atoms with van der Waals surface area (Å²) in [5.74, 6) is 0. The summed E-state index contributed by atoms with van der Waals surface area (Å²) in [7, 11) is 0. The summed E-state index contributed by atoms with van der Waals surface area (Å²) in [6, 6.07) is 4.38. The van der Waals surface area contributed by atoms with E-state index in [-0.39, 0.29) is 0 Å². The number of nitrogens with zero attached hydrogens (tertiary/aromatic N) is 2. The Kier molecular flexibility index (Phi) is 2.43. The van der Waals surface area contributed by atoms with Crippen LogP contribution in [0.15, 0.2) is 30.3 Å². The van der Waals surface area contributed by atoms with Crippen LogP contribution in [0.5, 0.6) is 0 Å². The van der Waals surface area contributed by atoms with Gasteiger partial charge in [-0.1, -0.05) is 6.58 Å². The van der Waals surface area contributed by atoms with Gasteiger partial charge in [-0.3, -0.25) is 0 Å². The Morgan fingerprint density at radius 3 is 2.62 bits per heavy atom. The minimum absolute atomic E-state index is 0.613. The fourth-order valence-corrected chi connectivity index (χ4v) is 3.70. The van der Waals surface area contributed by atoms with Gasteiger partial charge in [-0.25, -0.2) is 0 Å². The first-order valence-electron chi connectivity index (χ1n) is 5.96. The van der Waals surface area contributed by atoms with E-state index in [4.69, 9.17) is 0 Å². The zero-order chi connectivity index (χ0) is 11.0. The third kappa shape index (κ3) is 1.63. The minimum Gasteiger partial charge on any atom is -0.377 e. The summed E-state index contributed by atoms with van der Waals surface area (Å²) in [5, 5.41) is 3.61. The number of anilines is 1. The minimum atomic E-state index is 0.613. The highest BCUT2D eigenvalue weighted by Crippen LogP contribution is 2.41. The maximum absolute atomic E-state index is 3.83. The van der Waals surface area contributed by atoms with Crippen molar-refractivity contribution in [1.82, 2.24) is 4.90 Å². The molecule has 0 atom stereocenters. The lowest BCUT2D eigenvalue weighted by Crippen LogP contribution is -2.58. The topological polar surface area (TPSA) is 6.48 Å². The Morgan fingerprint density at radius 1 is 1.31 bits per heavy atom. The van der Waals surface area contributed by atoms with Crippen LogP contribution in [0.2, 0.25) is 0 Å². The van der Waals surface area contributed by atoms with Gasteiger partial charge in [0.2, 0.25) is 0 Å². The summed E-state index contributed by atoms with van der Waals surface area (Å²) < 4.78 is 0. The molecule has 1 aromatic rings. The molecule has 0 aromatic carbocycles. The van der Waals surface area contributed by atoms with Gasteiger partial charge in [0.05, 0.1) is 5.00 Å². The molecule has 3 rings (SSSR count). The molecule has 0 radical (unpaired) electrons. The second-order valence-electron chi connectivity index (χ2n) is 5.03. The Balaban J connectivity index is 1.59. The maximum atomic E-state index is 3.83. The molecule has 0 unspecified atom stereocenters. The van der Waals surface area contributed by atoms with Gasteiger partial charge in [0, 0.05) is 31.6 Å². The SMILES string of the molecule is C=CN1CC2(CCN(c3cccs3)CC2)C1. The first kappa shape index (κ1) is 10.2. The Bertz CT molecular complexity index is 355. The summed E-state index contributed by atoms with van der Waals surface area (Å²) in [6.07, 6.45) is 4.67. The van der Waals surface area contributed by atoms with E-state index in [0.717, 1.165) is 0 Å². The van der Waals surface area contributed by atoms with Gasteiger partial charge in [0.25, 0.3) is 0 Å². The van der Waals surface area contributed by atoms with Crippen LogP contribution < -0.4 is 4.90 Å². The van der Waals surface area contributed by atoms with E-state index < -0.39 is 0 Å². The van der Waals surface area contributed by atoms with Crippen LogP contribution in [0.1, 0.15) is 12.8 Å². The molecule has 0 amide bonds. The van der Waals surface area contributed by atoms with Crippen LogP contribution in [0, 0.1) is 5.41 Å². The van der Waals surface area contributed by atoms with Gasteiger partial charge in [-0.2, -0.15) is 0 Å². The number of rotatable bonds is 2. The number of hydrogen-bond acceptors (Lipinski definition) is 3. The van der Waals surface area contributed by atoms with Gasteiger partial charge >= 0.3 is 0 Å². The molecule has 3 heteroatoms. The highest BCUT2D eigenvalue weighted by Gasteiger charge is 2.43. The molecular formula is C13H18N2S. The highest BCUT2D eigenvalue weighted by atomic mass is 32.1. The van der Waals surface area contributed by atoms with Crippen molar-refractivity contribution in [3.8, 4) is 0 Å². The molecule has 3 heterocycles. The van der Waals surface area contributed by atoms with Crippen molar-refractivity contribution < 1.29 is 0 Å². The van der Waals surface area contributed by atoms with Crippen LogP contribution in [0.4, 0.5) is 5.00 Å². The molecule has 2 saturated heterocycles. The fraction of sp³-hybridized carbons (Fsp3) is 0.538. The molecule has 1 aromatic heterocycles. The van der Waals surface area contributed by atoms with Crippen molar-refractivity contribution in [2.24, 2.45) is 5.41 Å². The van der Waals surface area contributed by atoms with E-state index in [1.54, 1.807) is 0 Å². The van der Waals surface area contributed by atoms with Crippen LogP contribution in [0.3, 0.4) is 0 Å². The standard InChI is InChI=1S/C13H18N2S/c1-2-14-10-13(11-14)5-7-15(8-6-13)12-4-3-9-16-12/h2-4,9H,1,5-8,10-11H2.